The van der Waals surface area contributed by atoms with Gasteiger partial charge in [0.1, 0.15) is 11.6 Å². The summed E-state index contributed by atoms with van der Waals surface area (Å²) in [5, 5.41) is 22.8. The molecular formula is C21H19N5O2. The van der Waals surface area contributed by atoms with E-state index in [-0.39, 0.29) is 11.6 Å². The van der Waals surface area contributed by atoms with Crippen LogP contribution < -0.4 is 15.4 Å². The lowest BCUT2D eigenvalue weighted by Gasteiger charge is -2.07. The van der Waals surface area contributed by atoms with Crippen molar-refractivity contribution in [2.45, 2.75) is 6.42 Å². The molecule has 0 aliphatic rings. The fourth-order valence-corrected chi connectivity index (χ4v) is 2.54. The summed E-state index contributed by atoms with van der Waals surface area (Å²) < 4.78 is 5.14. The monoisotopic (exact) mass is 373 g/mol. The predicted octanol–water partition coefficient (Wildman–Crippen LogP) is 3.26. The lowest BCUT2D eigenvalue weighted by molar-refractivity contribution is 0.102. The summed E-state index contributed by atoms with van der Waals surface area (Å²) in [6, 6.07) is 19.9. The molecule has 0 fully saturated rings. The quantitative estimate of drug-likeness (QED) is 0.659. The summed E-state index contributed by atoms with van der Waals surface area (Å²) in [7, 11) is 1.64. The molecule has 28 heavy (non-hydrogen) atoms. The molecule has 0 bridgehead atoms. The molecule has 0 saturated heterocycles. The summed E-state index contributed by atoms with van der Waals surface area (Å²) in [4.78, 5) is 12.2. The van der Waals surface area contributed by atoms with Gasteiger partial charge in [-0.1, -0.05) is 18.2 Å². The molecule has 3 aromatic rings. The van der Waals surface area contributed by atoms with Gasteiger partial charge < -0.3 is 15.4 Å². The molecule has 0 spiro atoms. The zero-order valence-corrected chi connectivity index (χ0v) is 15.3. The van der Waals surface area contributed by atoms with Crippen LogP contribution in [-0.4, -0.2) is 29.8 Å². The van der Waals surface area contributed by atoms with Crippen molar-refractivity contribution in [3.63, 3.8) is 0 Å². The van der Waals surface area contributed by atoms with E-state index in [2.05, 4.69) is 20.8 Å². The number of rotatable bonds is 7. The largest absolute Gasteiger partial charge is 0.497 e. The Morgan fingerprint density at radius 2 is 1.93 bits per heavy atom. The first-order valence-corrected chi connectivity index (χ1v) is 8.70. The minimum absolute atomic E-state index is 0.197. The standard InChI is InChI=1S/C21H19N5O2/c1-28-18-7-5-15(6-8-18)11-12-23-20-10-9-19(25-26-20)21(27)24-17-4-2-3-16(13-17)14-22/h2-10,13H,11-12H2,1H3,(H,23,26)(H,24,27). The SMILES string of the molecule is COc1ccc(CCNc2ccc(C(=O)Nc3cccc(C#N)c3)nn2)cc1. The highest BCUT2D eigenvalue weighted by Crippen LogP contribution is 2.13. The first-order valence-electron chi connectivity index (χ1n) is 8.70. The van der Waals surface area contributed by atoms with Gasteiger partial charge >= 0.3 is 0 Å². The third-order valence-electron chi connectivity index (χ3n) is 4.03. The van der Waals surface area contributed by atoms with E-state index in [1.807, 2.05) is 30.3 Å². The maximum atomic E-state index is 12.2. The minimum Gasteiger partial charge on any atom is -0.497 e. The van der Waals surface area contributed by atoms with Crippen LogP contribution in [0.4, 0.5) is 11.5 Å². The molecule has 0 radical (unpaired) electrons. The fraction of sp³-hybridized carbons (Fsp3) is 0.143. The fourth-order valence-electron chi connectivity index (χ4n) is 2.54. The number of nitriles is 1. The molecule has 0 unspecified atom stereocenters. The summed E-state index contributed by atoms with van der Waals surface area (Å²) >= 11 is 0. The second kappa shape index (κ2) is 9.14. The number of aromatic nitrogens is 2. The Bertz CT molecular complexity index is 979. The van der Waals surface area contributed by atoms with Crippen LogP contribution in [-0.2, 0) is 6.42 Å². The normalized spacial score (nSPS) is 10.0. The molecule has 0 atom stereocenters. The van der Waals surface area contributed by atoms with Gasteiger partial charge in [-0.3, -0.25) is 4.79 Å². The number of hydrogen-bond donors (Lipinski definition) is 2. The number of nitrogens with zero attached hydrogens (tertiary/aromatic N) is 3. The van der Waals surface area contributed by atoms with Crippen LogP contribution in [0.15, 0.2) is 60.7 Å². The third kappa shape index (κ3) is 5.05. The van der Waals surface area contributed by atoms with E-state index in [1.165, 1.54) is 5.56 Å². The van der Waals surface area contributed by atoms with Gasteiger partial charge in [-0.05, 0) is 54.4 Å². The highest BCUT2D eigenvalue weighted by atomic mass is 16.5. The van der Waals surface area contributed by atoms with E-state index < -0.39 is 0 Å². The molecule has 1 amide bonds. The summed E-state index contributed by atoms with van der Waals surface area (Å²) in [6.07, 6.45) is 0.823. The zero-order chi connectivity index (χ0) is 19.8. The van der Waals surface area contributed by atoms with E-state index in [9.17, 15) is 4.79 Å². The molecule has 0 aliphatic carbocycles. The van der Waals surface area contributed by atoms with Crippen LogP contribution in [0.25, 0.3) is 0 Å². The van der Waals surface area contributed by atoms with E-state index >= 15 is 0 Å². The number of amides is 1. The van der Waals surface area contributed by atoms with Crippen molar-refractivity contribution in [2.75, 3.05) is 24.3 Å². The number of anilines is 2. The van der Waals surface area contributed by atoms with Crippen LogP contribution in [0.5, 0.6) is 5.75 Å². The second-order valence-electron chi connectivity index (χ2n) is 5.98. The van der Waals surface area contributed by atoms with E-state index in [1.54, 1.807) is 43.5 Å². The molecule has 140 valence electrons. The van der Waals surface area contributed by atoms with Gasteiger partial charge in [0.25, 0.3) is 5.91 Å². The van der Waals surface area contributed by atoms with Gasteiger partial charge in [-0.25, -0.2) is 0 Å². The maximum Gasteiger partial charge on any atom is 0.276 e. The van der Waals surface area contributed by atoms with Gasteiger partial charge in [0.15, 0.2) is 5.69 Å². The van der Waals surface area contributed by atoms with Crippen LogP contribution in [0, 0.1) is 11.3 Å². The molecular weight excluding hydrogens is 354 g/mol. The third-order valence-corrected chi connectivity index (χ3v) is 4.03. The summed E-state index contributed by atoms with van der Waals surface area (Å²) in [6.45, 7) is 0.688. The lowest BCUT2D eigenvalue weighted by atomic mass is 10.1. The number of nitrogens with one attached hydrogen (secondary N) is 2. The Hall–Kier alpha value is -3.92. The minimum atomic E-state index is -0.382. The Morgan fingerprint density at radius 3 is 2.61 bits per heavy atom. The van der Waals surface area contributed by atoms with Gasteiger partial charge in [-0.2, -0.15) is 5.26 Å². The van der Waals surface area contributed by atoms with E-state index in [4.69, 9.17) is 10.00 Å². The smallest absolute Gasteiger partial charge is 0.276 e. The van der Waals surface area contributed by atoms with Crippen LogP contribution in [0.3, 0.4) is 0 Å². The molecule has 0 saturated carbocycles. The molecule has 0 aliphatic heterocycles. The molecule has 1 heterocycles. The number of benzene rings is 2. The highest BCUT2D eigenvalue weighted by Gasteiger charge is 2.09. The van der Waals surface area contributed by atoms with Crippen molar-refractivity contribution in [1.82, 2.24) is 10.2 Å². The topological polar surface area (TPSA) is 99.9 Å². The number of ether oxygens (including phenoxy) is 1. The number of hydrogen-bond acceptors (Lipinski definition) is 6. The Morgan fingerprint density at radius 1 is 1.11 bits per heavy atom. The first kappa shape index (κ1) is 18.9. The van der Waals surface area contributed by atoms with Gasteiger partial charge in [0.2, 0.25) is 0 Å². The molecule has 1 aromatic heterocycles. The molecule has 2 aromatic carbocycles. The van der Waals surface area contributed by atoms with Crippen molar-refractivity contribution in [2.24, 2.45) is 0 Å². The molecule has 7 heteroatoms. The van der Waals surface area contributed by atoms with Gasteiger partial charge in [0.05, 0.1) is 18.7 Å². The van der Waals surface area contributed by atoms with Gasteiger partial charge in [-0.15, -0.1) is 10.2 Å². The Labute approximate surface area is 163 Å². The van der Waals surface area contributed by atoms with Crippen molar-refractivity contribution in [1.29, 1.82) is 5.26 Å². The van der Waals surface area contributed by atoms with Crippen LogP contribution in [0.1, 0.15) is 21.6 Å². The average Bonchev–Trinajstić information content (AvgIpc) is 2.75. The highest BCUT2D eigenvalue weighted by molar-refractivity contribution is 6.02. The first-order chi connectivity index (χ1) is 13.7. The molecule has 2 N–H and O–H groups in total. The van der Waals surface area contributed by atoms with Crippen molar-refractivity contribution < 1.29 is 9.53 Å². The number of carbonyl (C=O) groups is 1. The van der Waals surface area contributed by atoms with Crippen molar-refractivity contribution >= 4 is 17.4 Å². The van der Waals surface area contributed by atoms with E-state index in [0.29, 0.717) is 23.6 Å². The maximum absolute atomic E-state index is 12.2. The van der Waals surface area contributed by atoms with Crippen LogP contribution in [0.2, 0.25) is 0 Å². The Balaban J connectivity index is 1.52. The lowest BCUT2D eigenvalue weighted by Crippen LogP contribution is -2.15. The van der Waals surface area contributed by atoms with Crippen molar-refractivity contribution in [3.8, 4) is 11.8 Å². The number of methoxy groups -OCH3 is 1. The van der Waals surface area contributed by atoms with E-state index in [0.717, 1.165) is 12.2 Å². The van der Waals surface area contributed by atoms with Crippen LogP contribution >= 0.6 is 0 Å². The molecule has 3 rings (SSSR count). The second-order valence-corrected chi connectivity index (χ2v) is 5.98. The van der Waals surface area contributed by atoms with Gasteiger partial charge in [0, 0.05) is 12.2 Å². The summed E-state index contributed by atoms with van der Waals surface area (Å²) in [5.41, 5.74) is 2.38. The van der Waals surface area contributed by atoms with Crippen molar-refractivity contribution in [3.05, 3.63) is 77.5 Å². The zero-order valence-electron chi connectivity index (χ0n) is 15.3. The number of carbonyl (C=O) groups excluding carboxylic acids is 1. The summed E-state index contributed by atoms with van der Waals surface area (Å²) in [5.74, 6) is 1.04. The Kier molecular flexibility index (Phi) is 6.16. The molecule has 7 nitrogen and oxygen atoms in total. The average molecular weight is 373 g/mol. The predicted molar refractivity (Wildman–Crippen MR) is 106 cm³/mol.